The van der Waals surface area contributed by atoms with Gasteiger partial charge in [0.15, 0.2) is 0 Å². The highest BCUT2D eigenvalue weighted by atomic mass is 32.2. The maximum Gasteiger partial charge on any atom is 0.306 e. The minimum absolute atomic E-state index is 0.139. The number of thioether (sulfide) groups is 1. The van der Waals surface area contributed by atoms with Crippen molar-refractivity contribution in [2.24, 2.45) is 5.92 Å². The molecule has 19 heavy (non-hydrogen) atoms. The number of Topliss-reactive ketones (excluding diaryl/α,β-unsaturated/α-hetero) is 1. The molecule has 0 radical (unpaired) electrons. The number of ether oxygens (including phenoxy) is 1. The van der Waals surface area contributed by atoms with Gasteiger partial charge in [0.25, 0.3) is 0 Å². The Morgan fingerprint density at radius 1 is 1.32 bits per heavy atom. The van der Waals surface area contributed by atoms with Gasteiger partial charge < -0.3 is 4.74 Å². The van der Waals surface area contributed by atoms with E-state index < -0.39 is 0 Å². The molecule has 1 aliphatic carbocycles. The van der Waals surface area contributed by atoms with Gasteiger partial charge in [-0.1, -0.05) is 18.2 Å². The Kier molecular flexibility index (Phi) is 5.02. The van der Waals surface area contributed by atoms with E-state index in [0.29, 0.717) is 11.7 Å². The summed E-state index contributed by atoms with van der Waals surface area (Å²) in [6, 6.07) is 10.1. The van der Waals surface area contributed by atoms with E-state index in [-0.39, 0.29) is 24.1 Å². The van der Waals surface area contributed by atoms with Crippen LogP contribution in [-0.2, 0) is 14.3 Å². The quantitative estimate of drug-likeness (QED) is 0.794. The first-order valence-electron chi connectivity index (χ1n) is 6.50. The van der Waals surface area contributed by atoms with E-state index in [0.717, 1.165) is 12.8 Å². The summed E-state index contributed by atoms with van der Waals surface area (Å²) < 4.78 is 4.63. The normalized spacial score (nSPS) is 23.1. The number of carbonyl (C=O) groups excluding carboxylic acids is 2. The summed E-state index contributed by atoms with van der Waals surface area (Å²) in [5, 5.41) is 0.337. The predicted molar refractivity (Wildman–Crippen MR) is 75.1 cm³/mol. The molecule has 4 heteroatoms. The third-order valence-electron chi connectivity index (χ3n) is 3.41. The standard InChI is InChI=1S/C15H18O3S/c1-18-15(17)9-11-7-8-13(10-14(11)16)19-12-5-3-2-4-6-12/h2-6,11,13H,7-10H2,1H3. The largest absolute Gasteiger partial charge is 0.469 e. The van der Waals surface area contributed by atoms with E-state index in [4.69, 9.17) is 0 Å². The van der Waals surface area contributed by atoms with Crippen LogP contribution in [0.1, 0.15) is 25.7 Å². The molecule has 0 amide bonds. The summed E-state index contributed by atoms with van der Waals surface area (Å²) in [6.45, 7) is 0. The molecule has 0 heterocycles. The van der Waals surface area contributed by atoms with Crippen LogP contribution in [-0.4, -0.2) is 24.1 Å². The molecule has 102 valence electrons. The molecule has 0 aliphatic heterocycles. The molecule has 0 saturated heterocycles. The fraction of sp³-hybridized carbons (Fsp3) is 0.467. The first-order chi connectivity index (χ1) is 9.19. The highest BCUT2D eigenvalue weighted by molar-refractivity contribution is 8.00. The summed E-state index contributed by atoms with van der Waals surface area (Å²) in [5.41, 5.74) is 0. The number of esters is 1. The second kappa shape index (κ2) is 6.75. The molecule has 2 atom stereocenters. The van der Waals surface area contributed by atoms with Crippen LogP contribution in [0.2, 0.25) is 0 Å². The average molecular weight is 278 g/mol. The summed E-state index contributed by atoms with van der Waals surface area (Å²) in [4.78, 5) is 24.4. The lowest BCUT2D eigenvalue weighted by Crippen LogP contribution is -2.28. The van der Waals surface area contributed by atoms with E-state index in [9.17, 15) is 9.59 Å². The second-order valence-electron chi connectivity index (χ2n) is 4.78. The molecule has 3 nitrogen and oxygen atoms in total. The average Bonchev–Trinajstić information content (AvgIpc) is 2.43. The summed E-state index contributed by atoms with van der Waals surface area (Å²) in [6.07, 6.45) is 2.56. The SMILES string of the molecule is COC(=O)CC1CCC(Sc2ccccc2)CC1=O. The summed E-state index contributed by atoms with van der Waals surface area (Å²) >= 11 is 1.76. The fourth-order valence-corrected chi connectivity index (χ4v) is 3.53. The number of methoxy groups -OCH3 is 1. The molecule has 1 aromatic carbocycles. The lowest BCUT2D eigenvalue weighted by atomic mass is 9.85. The Balaban J connectivity index is 1.86. The van der Waals surface area contributed by atoms with Gasteiger partial charge in [0.05, 0.1) is 13.5 Å². The van der Waals surface area contributed by atoms with Gasteiger partial charge in [-0.15, -0.1) is 11.8 Å². The maximum atomic E-state index is 12.0. The number of benzene rings is 1. The highest BCUT2D eigenvalue weighted by Gasteiger charge is 2.30. The smallest absolute Gasteiger partial charge is 0.306 e. The van der Waals surface area contributed by atoms with Crippen molar-refractivity contribution in [3.8, 4) is 0 Å². The van der Waals surface area contributed by atoms with E-state index in [1.165, 1.54) is 12.0 Å². The van der Waals surface area contributed by atoms with E-state index in [1.807, 2.05) is 18.2 Å². The molecule has 2 unspecified atom stereocenters. The molecule has 0 spiro atoms. The zero-order chi connectivity index (χ0) is 13.7. The monoisotopic (exact) mass is 278 g/mol. The van der Waals surface area contributed by atoms with Crippen LogP contribution in [0.5, 0.6) is 0 Å². The maximum absolute atomic E-state index is 12.0. The molecule has 2 rings (SSSR count). The minimum atomic E-state index is -0.285. The van der Waals surface area contributed by atoms with Crippen LogP contribution in [0.15, 0.2) is 35.2 Å². The van der Waals surface area contributed by atoms with E-state index in [1.54, 1.807) is 11.8 Å². The van der Waals surface area contributed by atoms with Crippen molar-refractivity contribution in [1.29, 1.82) is 0 Å². The van der Waals surface area contributed by atoms with Gasteiger partial charge in [-0.3, -0.25) is 9.59 Å². The van der Waals surface area contributed by atoms with Crippen LogP contribution < -0.4 is 0 Å². The number of hydrogen-bond donors (Lipinski definition) is 0. The molecule has 0 bridgehead atoms. The van der Waals surface area contributed by atoms with Crippen molar-refractivity contribution in [3.63, 3.8) is 0 Å². The third-order valence-corrected chi connectivity index (χ3v) is 4.69. The zero-order valence-corrected chi connectivity index (χ0v) is 11.8. The second-order valence-corrected chi connectivity index (χ2v) is 6.15. The van der Waals surface area contributed by atoms with Crippen LogP contribution in [0.3, 0.4) is 0 Å². The number of carbonyl (C=O) groups is 2. The first kappa shape index (κ1) is 14.1. The fourth-order valence-electron chi connectivity index (χ4n) is 2.33. The van der Waals surface area contributed by atoms with Gasteiger partial charge >= 0.3 is 5.97 Å². The number of ketones is 1. The van der Waals surface area contributed by atoms with Gasteiger partial charge in [0.1, 0.15) is 5.78 Å². The Morgan fingerprint density at radius 2 is 2.05 bits per heavy atom. The molecule has 0 N–H and O–H groups in total. The van der Waals surface area contributed by atoms with Gasteiger partial charge in [0.2, 0.25) is 0 Å². The number of hydrogen-bond acceptors (Lipinski definition) is 4. The van der Waals surface area contributed by atoms with Crippen molar-refractivity contribution in [3.05, 3.63) is 30.3 Å². The molecule has 1 saturated carbocycles. The third kappa shape index (κ3) is 4.10. The number of rotatable bonds is 4. The van der Waals surface area contributed by atoms with Crippen LogP contribution >= 0.6 is 11.8 Å². The predicted octanol–water partition coefficient (Wildman–Crippen LogP) is 3.08. The van der Waals surface area contributed by atoms with Gasteiger partial charge in [-0.05, 0) is 25.0 Å². The topological polar surface area (TPSA) is 43.4 Å². The van der Waals surface area contributed by atoms with Gasteiger partial charge in [-0.25, -0.2) is 0 Å². The van der Waals surface area contributed by atoms with Crippen molar-refractivity contribution < 1.29 is 14.3 Å². The lowest BCUT2D eigenvalue weighted by molar-refractivity contribution is -0.144. The molecule has 1 fully saturated rings. The van der Waals surface area contributed by atoms with Crippen molar-refractivity contribution >= 4 is 23.5 Å². The molecule has 1 aromatic rings. The zero-order valence-electron chi connectivity index (χ0n) is 11.0. The van der Waals surface area contributed by atoms with Crippen molar-refractivity contribution in [2.75, 3.05) is 7.11 Å². The molecule has 1 aliphatic rings. The van der Waals surface area contributed by atoms with Crippen LogP contribution in [0.4, 0.5) is 0 Å². The Labute approximate surface area is 117 Å². The highest BCUT2D eigenvalue weighted by Crippen LogP contribution is 2.35. The van der Waals surface area contributed by atoms with Gasteiger partial charge in [0, 0.05) is 22.5 Å². The molecular weight excluding hydrogens is 260 g/mol. The lowest BCUT2D eigenvalue weighted by Gasteiger charge is -2.26. The summed E-state index contributed by atoms with van der Waals surface area (Å²) in [5.74, 6) is -0.224. The van der Waals surface area contributed by atoms with Crippen LogP contribution in [0.25, 0.3) is 0 Å². The first-order valence-corrected chi connectivity index (χ1v) is 7.38. The van der Waals surface area contributed by atoms with Crippen molar-refractivity contribution in [1.82, 2.24) is 0 Å². The molecular formula is C15H18O3S. The Bertz CT molecular complexity index is 444. The van der Waals surface area contributed by atoms with Crippen LogP contribution in [0, 0.1) is 5.92 Å². The van der Waals surface area contributed by atoms with E-state index >= 15 is 0 Å². The minimum Gasteiger partial charge on any atom is -0.469 e. The summed E-state index contributed by atoms with van der Waals surface area (Å²) in [7, 11) is 1.36. The van der Waals surface area contributed by atoms with E-state index in [2.05, 4.69) is 16.9 Å². The molecule has 0 aromatic heterocycles. The Morgan fingerprint density at radius 3 is 2.68 bits per heavy atom. The Hall–Kier alpha value is -1.29. The van der Waals surface area contributed by atoms with Gasteiger partial charge in [-0.2, -0.15) is 0 Å². The van der Waals surface area contributed by atoms with Crippen molar-refractivity contribution in [2.45, 2.75) is 35.8 Å².